The van der Waals surface area contributed by atoms with Crippen LogP contribution < -0.4 is 5.32 Å². The molecule has 27 heavy (non-hydrogen) atoms. The molecular weight excluding hydrogens is 334 g/mol. The molecule has 1 aromatic rings. The monoisotopic (exact) mass is 371 g/mol. The summed E-state index contributed by atoms with van der Waals surface area (Å²) in [6.07, 6.45) is 3.54. The van der Waals surface area contributed by atoms with E-state index in [2.05, 4.69) is 58.1 Å². The fraction of sp³-hybridized carbons (Fsp3) is 0.682. The van der Waals surface area contributed by atoms with Crippen molar-refractivity contribution in [3.8, 4) is 0 Å². The zero-order valence-electron chi connectivity index (χ0n) is 17.3. The van der Waals surface area contributed by atoms with Crippen LogP contribution in [0.15, 0.2) is 29.3 Å². The molecule has 0 radical (unpaired) electrons. The number of likely N-dealkylation sites (N-methyl/N-ethyl adjacent to an activating group) is 1. The first-order chi connectivity index (χ1) is 13.3. The Morgan fingerprint density at radius 1 is 0.963 bits per heavy atom. The van der Waals surface area contributed by atoms with Gasteiger partial charge in [-0.1, -0.05) is 31.2 Å². The van der Waals surface area contributed by atoms with Crippen LogP contribution in [0.2, 0.25) is 0 Å². The fourth-order valence-corrected chi connectivity index (χ4v) is 4.06. The van der Waals surface area contributed by atoms with Crippen LogP contribution in [0.3, 0.4) is 0 Å². The standard InChI is InChI=1S/C22H37N5/c1-3-23-22(27-14-11-20-9-5-6-10-21(20)19-27)24-12-7-8-13-26-17-15-25(4-2)16-18-26/h5-6,9-10H,3-4,7-8,11-19H2,1-2H3,(H,23,24). The molecule has 0 saturated carbocycles. The van der Waals surface area contributed by atoms with E-state index in [1.807, 2.05) is 0 Å². The van der Waals surface area contributed by atoms with Crippen LogP contribution in [0.25, 0.3) is 0 Å². The van der Waals surface area contributed by atoms with E-state index in [1.54, 1.807) is 0 Å². The Morgan fingerprint density at radius 3 is 2.44 bits per heavy atom. The van der Waals surface area contributed by atoms with Crippen molar-refractivity contribution in [2.45, 2.75) is 39.7 Å². The maximum atomic E-state index is 4.92. The SMILES string of the molecule is CCNC(=NCCCCN1CCN(CC)CC1)N1CCc2ccccc2C1. The van der Waals surface area contributed by atoms with Gasteiger partial charge in [0.25, 0.3) is 0 Å². The van der Waals surface area contributed by atoms with Gasteiger partial charge >= 0.3 is 0 Å². The molecular formula is C22H37N5. The summed E-state index contributed by atoms with van der Waals surface area (Å²) in [6.45, 7) is 15.6. The molecule has 2 aliphatic heterocycles. The molecule has 1 N–H and O–H groups in total. The maximum absolute atomic E-state index is 4.92. The van der Waals surface area contributed by atoms with E-state index in [1.165, 1.54) is 63.2 Å². The lowest BCUT2D eigenvalue weighted by Crippen LogP contribution is -2.46. The second kappa shape index (κ2) is 10.7. The van der Waals surface area contributed by atoms with Crippen LogP contribution >= 0.6 is 0 Å². The number of guanidine groups is 1. The highest BCUT2D eigenvalue weighted by Crippen LogP contribution is 2.18. The maximum Gasteiger partial charge on any atom is 0.194 e. The first-order valence-electron chi connectivity index (χ1n) is 10.8. The number of fused-ring (bicyclic) bond motifs is 1. The predicted molar refractivity (Wildman–Crippen MR) is 114 cm³/mol. The van der Waals surface area contributed by atoms with Gasteiger partial charge in [0.05, 0.1) is 0 Å². The van der Waals surface area contributed by atoms with Crippen molar-refractivity contribution in [1.29, 1.82) is 0 Å². The van der Waals surface area contributed by atoms with E-state index >= 15 is 0 Å². The van der Waals surface area contributed by atoms with E-state index in [0.29, 0.717) is 0 Å². The zero-order valence-corrected chi connectivity index (χ0v) is 17.3. The molecule has 0 aliphatic carbocycles. The Morgan fingerprint density at radius 2 is 1.70 bits per heavy atom. The second-order valence-corrected chi connectivity index (χ2v) is 7.66. The molecule has 0 bridgehead atoms. The summed E-state index contributed by atoms with van der Waals surface area (Å²) in [6, 6.07) is 8.81. The van der Waals surface area contributed by atoms with Gasteiger partial charge in [0.2, 0.25) is 0 Å². The van der Waals surface area contributed by atoms with Gasteiger partial charge in [-0.3, -0.25) is 4.99 Å². The van der Waals surface area contributed by atoms with Crippen molar-refractivity contribution in [2.24, 2.45) is 4.99 Å². The predicted octanol–water partition coefficient (Wildman–Crippen LogP) is 2.43. The van der Waals surface area contributed by atoms with Crippen molar-refractivity contribution >= 4 is 5.96 Å². The smallest absolute Gasteiger partial charge is 0.194 e. The number of nitrogens with zero attached hydrogens (tertiary/aromatic N) is 4. The number of nitrogens with one attached hydrogen (secondary N) is 1. The minimum absolute atomic E-state index is 0.926. The number of aliphatic imine (C=N–C) groups is 1. The summed E-state index contributed by atoms with van der Waals surface area (Å²) in [5.74, 6) is 1.09. The largest absolute Gasteiger partial charge is 0.357 e. The third-order valence-electron chi connectivity index (χ3n) is 5.82. The third-order valence-corrected chi connectivity index (χ3v) is 5.82. The summed E-state index contributed by atoms with van der Waals surface area (Å²) in [5, 5.41) is 3.49. The third kappa shape index (κ3) is 5.94. The Balaban J connectivity index is 1.42. The molecule has 5 nitrogen and oxygen atoms in total. The van der Waals surface area contributed by atoms with E-state index in [9.17, 15) is 0 Å². The molecule has 2 heterocycles. The van der Waals surface area contributed by atoms with Gasteiger partial charge in [0.15, 0.2) is 5.96 Å². The van der Waals surface area contributed by atoms with Crippen molar-refractivity contribution in [2.75, 3.05) is 58.9 Å². The van der Waals surface area contributed by atoms with Gasteiger partial charge in [0.1, 0.15) is 0 Å². The molecule has 0 aromatic heterocycles. The first kappa shape index (κ1) is 20.2. The molecule has 3 rings (SSSR count). The van der Waals surface area contributed by atoms with Gasteiger partial charge in [-0.2, -0.15) is 0 Å². The van der Waals surface area contributed by atoms with Gasteiger partial charge in [0, 0.05) is 52.4 Å². The number of piperazine rings is 1. The second-order valence-electron chi connectivity index (χ2n) is 7.66. The fourth-order valence-electron chi connectivity index (χ4n) is 4.06. The van der Waals surface area contributed by atoms with Crippen LogP contribution in [0.4, 0.5) is 0 Å². The summed E-state index contributed by atoms with van der Waals surface area (Å²) in [7, 11) is 0. The van der Waals surface area contributed by atoms with E-state index in [4.69, 9.17) is 4.99 Å². The molecule has 0 unspecified atom stereocenters. The number of rotatable bonds is 7. The van der Waals surface area contributed by atoms with E-state index in [-0.39, 0.29) is 0 Å². The van der Waals surface area contributed by atoms with Crippen molar-refractivity contribution in [3.05, 3.63) is 35.4 Å². The molecule has 0 spiro atoms. The molecule has 5 heteroatoms. The normalized spacial score (nSPS) is 19.2. The molecule has 0 amide bonds. The van der Waals surface area contributed by atoms with Gasteiger partial charge in [-0.15, -0.1) is 0 Å². The number of unbranched alkanes of at least 4 members (excludes halogenated alkanes) is 1. The summed E-state index contributed by atoms with van der Waals surface area (Å²) < 4.78 is 0. The average Bonchev–Trinajstić information content (AvgIpc) is 2.73. The lowest BCUT2D eigenvalue weighted by atomic mass is 10.0. The van der Waals surface area contributed by atoms with Gasteiger partial charge in [-0.05, 0) is 50.4 Å². The Labute approximate surface area is 165 Å². The lowest BCUT2D eigenvalue weighted by Gasteiger charge is -2.34. The molecule has 0 atom stereocenters. The molecule has 1 fully saturated rings. The minimum Gasteiger partial charge on any atom is -0.357 e. The molecule has 1 aromatic carbocycles. The Hall–Kier alpha value is -1.59. The quantitative estimate of drug-likeness (QED) is 0.453. The van der Waals surface area contributed by atoms with Crippen molar-refractivity contribution in [1.82, 2.24) is 20.0 Å². The Kier molecular flexibility index (Phi) is 7.96. The van der Waals surface area contributed by atoms with Crippen LogP contribution in [0.1, 0.15) is 37.8 Å². The molecule has 150 valence electrons. The number of hydrogen-bond acceptors (Lipinski definition) is 3. The van der Waals surface area contributed by atoms with Gasteiger partial charge < -0.3 is 20.0 Å². The zero-order chi connectivity index (χ0) is 18.9. The van der Waals surface area contributed by atoms with Crippen LogP contribution in [-0.2, 0) is 13.0 Å². The summed E-state index contributed by atoms with van der Waals surface area (Å²) in [5.41, 5.74) is 2.94. The van der Waals surface area contributed by atoms with Crippen molar-refractivity contribution in [3.63, 3.8) is 0 Å². The number of hydrogen-bond donors (Lipinski definition) is 1. The van der Waals surface area contributed by atoms with Gasteiger partial charge in [-0.25, -0.2) is 0 Å². The summed E-state index contributed by atoms with van der Waals surface area (Å²) in [4.78, 5) is 12.5. The molecule has 1 saturated heterocycles. The van der Waals surface area contributed by atoms with E-state index in [0.717, 1.165) is 38.6 Å². The Bertz CT molecular complexity index is 592. The highest BCUT2D eigenvalue weighted by atomic mass is 15.3. The number of benzene rings is 1. The van der Waals surface area contributed by atoms with Crippen LogP contribution in [0, 0.1) is 0 Å². The van der Waals surface area contributed by atoms with E-state index < -0.39 is 0 Å². The highest BCUT2D eigenvalue weighted by molar-refractivity contribution is 5.80. The minimum atomic E-state index is 0.926. The first-order valence-corrected chi connectivity index (χ1v) is 10.8. The average molecular weight is 372 g/mol. The molecule has 2 aliphatic rings. The van der Waals surface area contributed by atoms with Crippen LogP contribution in [-0.4, -0.2) is 79.6 Å². The summed E-state index contributed by atoms with van der Waals surface area (Å²) >= 11 is 0. The highest BCUT2D eigenvalue weighted by Gasteiger charge is 2.18. The lowest BCUT2D eigenvalue weighted by molar-refractivity contribution is 0.136. The van der Waals surface area contributed by atoms with Crippen molar-refractivity contribution < 1.29 is 0 Å². The van der Waals surface area contributed by atoms with Crippen LogP contribution in [0.5, 0.6) is 0 Å². The topological polar surface area (TPSA) is 34.1 Å².